The van der Waals surface area contributed by atoms with E-state index in [1.165, 1.54) is 19.2 Å². The number of nitrogens with one attached hydrogen (secondary N) is 1. The second-order valence-corrected chi connectivity index (χ2v) is 5.83. The number of anilines is 1. The number of nitrogens with zero attached hydrogens (tertiary/aromatic N) is 4. The molecule has 3 rings (SSSR count). The van der Waals surface area contributed by atoms with Gasteiger partial charge in [-0.1, -0.05) is 0 Å². The summed E-state index contributed by atoms with van der Waals surface area (Å²) < 4.78 is 8.22. The quantitative estimate of drug-likeness (QED) is 0.773. The largest absolute Gasteiger partial charge is 0.497 e. The number of carbonyl (C=O) groups excluding carboxylic acids is 1. The molecule has 0 aliphatic heterocycles. The van der Waals surface area contributed by atoms with Crippen LogP contribution in [0.25, 0.3) is 5.69 Å². The monoisotopic (exact) mass is 353 g/mol. The van der Waals surface area contributed by atoms with E-state index in [1.54, 1.807) is 13.3 Å². The number of carbonyl (C=O) groups is 1. The lowest BCUT2D eigenvalue weighted by Gasteiger charge is -2.10. The van der Waals surface area contributed by atoms with Crippen LogP contribution in [0.3, 0.4) is 0 Å². The number of amides is 1. The number of aromatic nitrogens is 4. The molecule has 0 aliphatic rings. The number of methoxy groups -OCH3 is 1. The molecule has 0 fully saturated rings. The molecule has 0 spiro atoms. The number of hydrogen-bond acceptors (Lipinski definition) is 5. The van der Waals surface area contributed by atoms with Crippen molar-refractivity contribution in [3.05, 3.63) is 64.0 Å². The molecule has 0 bridgehead atoms. The minimum atomic E-state index is -0.399. The molecular formula is C18H19N5O3. The average Bonchev–Trinajstić information content (AvgIpc) is 2.99. The van der Waals surface area contributed by atoms with E-state index in [0.29, 0.717) is 5.82 Å². The van der Waals surface area contributed by atoms with Crippen LogP contribution in [0.4, 0.5) is 5.82 Å². The Kier molecular flexibility index (Phi) is 4.57. The topological polar surface area (TPSA) is 91.0 Å². The molecule has 1 amide bonds. The van der Waals surface area contributed by atoms with Crippen LogP contribution < -0.4 is 15.6 Å². The van der Waals surface area contributed by atoms with E-state index < -0.39 is 5.91 Å². The van der Waals surface area contributed by atoms with Gasteiger partial charge in [0.2, 0.25) is 0 Å². The molecule has 26 heavy (non-hydrogen) atoms. The van der Waals surface area contributed by atoms with Gasteiger partial charge in [-0.2, -0.15) is 5.10 Å². The van der Waals surface area contributed by atoms with Gasteiger partial charge < -0.3 is 14.6 Å². The van der Waals surface area contributed by atoms with Crippen molar-refractivity contribution >= 4 is 11.7 Å². The third-order valence-electron chi connectivity index (χ3n) is 3.98. The molecule has 134 valence electrons. The molecule has 0 atom stereocenters. The summed E-state index contributed by atoms with van der Waals surface area (Å²) in [6, 6.07) is 8.49. The fourth-order valence-corrected chi connectivity index (χ4v) is 2.60. The van der Waals surface area contributed by atoms with Gasteiger partial charge in [-0.05, 0) is 43.7 Å². The fraction of sp³-hybridized carbons (Fsp3) is 0.222. The van der Waals surface area contributed by atoms with Gasteiger partial charge in [-0.3, -0.25) is 9.59 Å². The molecule has 1 N–H and O–H groups in total. The van der Waals surface area contributed by atoms with Crippen LogP contribution in [0.1, 0.15) is 21.9 Å². The summed E-state index contributed by atoms with van der Waals surface area (Å²) in [6.45, 7) is 3.79. The van der Waals surface area contributed by atoms with Crippen LogP contribution in [-0.4, -0.2) is 32.3 Å². The van der Waals surface area contributed by atoms with E-state index in [2.05, 4.69) is 15.4 Å². The summed E-state index contributed by atoms with van der Waals surface area (Å²) in [6.07, 6.45) is 1.67. The summed E-state index contributed by atoms with van der Waals surface area (Å²) in [4.78, 5) is 28.2. The predicted octanol–water partition coefficient (Wildman–Crippen LogP) is 1.84. The van der Waals surface area contributed by atoms with Gasteiger partial charge in [-0.25, -0.2) is 9.67 Å². The number of benzene rings is 1. The molecule has 0 radical (unpaired) electrons. The predicted molar refractivity (Wildman–Crippen MR) is 97.0 cm³/mol. The van der Waals surface area contributed by atoms with Crippen LogP contribution in [-0.2, 0) is 7.05 Å². The van der Waals surface area contributed by atoms with Gasteiger partial charge in [0.1, 0.15) is 17.3 Å². The van der Waals surface area contributed by atoms with Crippen LogP contribution in [0, 0.1) is 13.8 Å². The first-order chi connectivity index (χ1) is 12.4. The van der Waals surface area contributed by atoms with E-state index in [0.717, 1.165) is 21.7 Å². The summed E-state index contributed by atoms with van der Waals surface area (Å²) >= 11 is 0. The molecular weight excluding hydrogens is 334 g/mol. The van der Waals surface area contributed by atoms with Crippen molar-refractivity contribution in [2.24, 2.45) is 7.05 Å². The van der Waals surface area contributed by atoms with Gasteiger partial charge in [0.15, 0.2) is 5.82 Å². The molecule has 0 saturated heterocycles. The van der Waals surface area contributed by atoms with Crippen molar-refractivity contribution in [3.8, 4) is 11.4 Å². The summed E-state index contributed by atoms with van der Waals surface area (Å²) in [7, 11) is 3.14. The minimum Gasteiger partial charge on any atom is -0.497 e. The van der Waals surface area contributed by atoms with E-state index in [1.807, 2.05) is 36.6 Å². The Hall–Kier alpha value is -3.42. The van der Waals surface area contributed by atoms with Crippen LogP contribution >= 0.6 is 0 Å². The Balaban J connectivity index is 1.88. The third-order valence-corrected chi connectivity index (χ3v) is 3.98. The standard InChI is InChI=1S/C18H19N5O3/c1-11-9-13(26-4)5-6-15(11)23-10-14(19-12(23)2)18(25)20-16-7-8-17(24)22(3)21-16/h5-10H,1-4H3,(H,20,21,25). The first-order valence-electron chi connectivity index (χ1n) is 7.96. The molecule has 2 aromatic heterocycles. The smallest absolute Gasteiger partial charge is 0.277 e. The highest BCUT2D eigenvalue weighted by Crippen LogP contribution is 2.22. The second-order valence-electron chi connectivity index (χ2n) is 5.83. The number of ether oxygens (including phenoxy) is 1. The lowest BCUT2D eigenvalue weighted by molar-refractivity contribution is 0.102. The van der Waals surface area contributed by atoms with E-state index >= 15 is 0 Å². The van der Waals surface area contributed by atoms with Crippen LogP contribution in [0.15, 0.2) is 41.3 Å². The van der Waals surface area contributed by atoms with Crippen molar-refractivity contribution in [1.82, 2.24) is 19.3 Å². The van der Waals surface area contributed by atoms with Gasteiger partial charge in [-0.15, -0.1) is 0 Å². The highest BCUT2D eigenvalue weighted by atomic mass is 16.5. The van der Waals surface area contributed by atoms with Gasteiger partial charge in [0.25, 0.3) is 11.5 Å². The third kappa shape index (κ3) is 3.34. The lowest BCUT2D eigenvalue weighted by atomic mass is 10.2. The second kappa shape index (κ2) is 6.83. The van der Waals surface area contributed by atoms with Crippen molar-refractivity contribution in [3.63, 3.8) is 0 Å². The SMILES string of the molecule is COc1ccc(-n2cc(C(=O)Nc3ccc(=O)n(C)n3)nc2C)c(C)c1. The molecule has 0 unspecified atom stereocenters. The normalized spacial score (nSPS) is 10.6. The highest BCUT2D eigenvalue weighted by Gasteiger charge is 2.15. The molecule has 0 saturated carbocycles. The zero-order valence-electron chi connectivity index (χ0n) is 15.0. The average molecular weight is 353 g/mol. The van der Waals surface area contributed by atoms with Crippen molar-refractivity contribution in [2.75, 3.05) is 12.4 Å². The zero-order valence-corrected chi connectivity index (χ0v) is 15.0. The minimum absolute atomic E-state index is 0.252. The fourth-order valence-electron chi connectivity index (χ4n) is 2.60. The van der Waals surface area contributed by atoms with Gasteiger partial charge >= 0.3 is 0 Å². The van der Waals surface area contributed by atoms with Crippen LogP contribution in [0.2, 0.25) is 0 Å². The van der Waals surface area contributed by atoms with E-state index in [9.17, 15) is 9.59 Å². The Morgan fingerprint density at radius 1 is 1.19 bits per heavy atom. The number of imidazole rings is 1. The van der Waals surface area contributed by atoms with E-state index in [-0.39, 0.29) is 17.1 Å². The summed E-state index contributed by atoms with van der Waals surface area (Å²) in [5.74, 6) is 1.33. The number of aryl methyl sites for hydroxylation is 3. The Morgan fingerprint density at radius 3 is 2.62 bits per heavy atom. The first kappa shape index (κ1) is 17.4. The molecule has 3 aromatic rings. The Bertz CT molecular complexity index is 1040. The maximum absolute atomic E-state index is 12.5. The lowest BCUT2D eigenvalue weighted by Crippen LogP contribution is -2.21. The molecule has 2 heterocycles. The highest BCUT2D eigenvalue weighted by molar-refractivity contribution is 6.02. The van der Waals surface area contributed by atoms with Crippen molar-refractivity contribution in [2.45, 2.75) is 13.8 Å². The number of rotatable bonds is 4. The molecule has 8 nitrogen and oxygen atoms in total. The Labute approximate surface area is 150 Å². The van der Waals surface area contributed by atoms with E-state index in [4.69, 9.17) is 4.74 Å². The molecule has 1 aromatic carbocycles. The van der Waals surface area contributed by atoms with Gasteiger partial charge in [0.05, 0.1) is 7.11 Å². The molecule has 0 aliphatic carbocycles. The maximum atomic E-state index is 12.5. The van der Waals surface area contributed by atoms with Crippen molar-refractivity contribution in [1.29, 1.82) is 0 Å². The summed E-state index contributed by atoms with van der Waals surface area (Å²) in [5, 5.41) is 6.63. The first-order valence-corrected chi connectivity index (χ1v) is 7.96. The summed E-state index contributed by atoms with van der Waals surface area (Å²) in [5.41, 5.74) is 1.91. The zero-order chi connectivity index (χ0) is 18.8. The molecule has 8 heteroatoms. The Morgan fingerprint density at radius 2 is 1.96 bits per heavy atom. The van der Waals surface area contributed by atoms with Crippen molar-refractivity contribution < 1.29 is 9.53 Å². The number of hydrogen-bond donors (Lipinski definition) is 1. The maximum Gasteiger partial charge on any atom is 0.277 e. The van der Waals surface area contributed by atoms with Gasteiger partial charge in [0, 0.05) is 25.0 Å². The van der Waals surface area contributed by atoms with Crippen LogP contribution in [0.5, 0.6) is 5.75 Å².